The van der Waals surface area contributed by atoms with Crippen LogP contribution in [0.3, 0.4) is 0 Å². The van der Waals surface area contributed by atoms with E-state index < -0.39 is 0 Å². The highest BCUT2D eigenvalue weighted by atomic mass is 19.1. The summed E-state index contributed by atoms with van der Waals surface area (Å²) in [4.78, 5) is 26.0. The van der Waals surface area contributed by atoms with E-state index in [9.17, 15) is 14.0 Å². The molecule has 1 aliphatic rings. The number of aryl methyl sites for hydroxylation is 1. The number of halogens is 1. The van der Waals surface area contributed by atoms with Gasteiger partial charge in [-0.1, -0.05) is 19.9 Å². The van der Waals surface area contributed by atoms with Crippen molar-refractivity contribution in [3.63, 3.8) is 0 Å². The summed E-state index contributed by atoms with van der Waals surface area (Å²) in [6, 6.07) is 10.8. The van der Waals surface area contributed by atoms with Crippen LogP contribution in [0.2, 0.25) is 0 Å². The average molecular weight is 409 g/mol. The van der Waals surface area contributed by atoms with Crippen LogP contribution in [0.5, 0.6) is 0 Å². The third kappa shape index (κ3) is 3.75. The Kier molecular flexibility index (Phi) is 5.20. The molecule has 3 aromatic rings. The first-order valence-corrected chi connectivity index (χ1v) is 10.00. The Morgan fingerprint density at radius 1 is 1.20 bits per heavy atom. The molecule has 1 aliphatic heterocycles. The molecule has 4 rings (SSSR count). The number of carbonyl (C=O) groups excluding carboxylic acids is 2. The molecule has 1 fully saturated rings. The van der Waals surface area contributed by atoms with E-state index in [1.54, 1.807) is 29.2 Å². The summed E-state index contributed by atoms with van der Waals surface area (Å²) in [6.07, 6.45) is 0.551. The van der Waals surface area contributed by atoms with Crippen molar-refractivity contribution in [3.8, 4) is 0 Å². The molecule has 7 heteroatoms. The van der Waals surface area contributed by atoms with E-state index in [1.807, 2.05) is 26.8 Å². The molecular weight excluding hydrogens is 385 g/mol. The van der Waals surface area contributed by atoms with Crippen LogP contribution < -0.4 is 15.5 Å². The quantitative estimate of drug-likeness (QED) is 0.573. The molecule has 0 saturated carbocycles. The second kappa shape index (κ2) is 7.82. The second-order valence-electron chi connectivity index (χ2n) is 7.90. The zero-order valence-electron chi connectivity index (χ0n) is 17.2. The lowest BCUT2D eigenvalue weighted by Gasteiger charge is -2.31. The smallest absolute Gasteiger partial charge is 0.319 e. The summed E-state index contributed by atoms with van der Waals surface area (Å²) in [5.74, 6) is 0.407. The van der Waals surface area contributed by atoms with Crippen molar-refractivity contribution in [1.82, 2.24) is 5.32 Å². The first kappa shape index (κ1) is 19.9. The van der Waals surface area contributed by atoms with E-state index in [-0.39, 0.29) is 29.7 Å². The number of nitrogens with one attached hydrogen (secondary N) is 2. The molecule has 3 amide bonds. The molecule has 1 unspecified atom stereocenters. The fraction of sp³-hybridized carbons (Fsp3) is 0.304. The van der Waals surface area contributed by atoms with Crippen LogP contribution in [0.25, 0.3) is 11.0 Å². The number of amides is 3. The number of fused-ring (bicyclic) bond motifs is 1. The summed E-state index contributed by atoms with van der Waals surface area (Å²) in [7, 11) is 0. The molecule has 1 atom stereocenters. The van der Waals surface area contributed by atoms with Gasteiger partial charge in [0, 0.05) is 35.3 Å². The van der Waals surface area contributed by atoms with Crippen molar-refractivity contribution in [2.75, 3.05) is 16.8 Å². The predicted octanol–water partition coefficient (Wildman–Crippen LogP) is 5.14. The van der Waals surface area contributed by atoms with Gasteiger partial charge < -0.3 is 20.0 Å². The van der Waals surface area contributed by atoms with E-state index in [0.717, 1.165) is 11.3 Å². The SMILES string of the molecule is Cc1c(C(NC(=O)Nc2cccc(N3CCC3=O)c2)C(C)C)oc2ccc(F)cc12. The minimum Gasteiger partial charge on any atom is -0.459 e. The summed E-state index contributed by atoms with van der Waals surface area (Å²) < 4.78 is 19.6. The average Bonchev–Trinajstić information content (AvgIpc) is 3.01. The van der Waals surface area contributed by atoms with Gasteiger partial charge in [0.25, 0.3) is 0 Å². The Hall–Kier alpha value is -3.35. The van der Waals surface area contributed by atoms with Crippen molar-refractivity contribution >= 4 is 34.3 Å². The fourth-order valence-electron chi connectivity index (χ4n) is 3.69. The molecule has 0 radical (unpaired) electrons. The van der Waals surface area contributed by atoms with E-state index >= 15 is 0 Å². The molecule has 0 bridgehead atoms. The van der Waals surface area contributed by atoms with Crippen molar-refractivity contribution < 1.29 is 18.4 Å². The van der Waals surface area contributed by atoms with Gasteiger partial charge in [-0.05, 0) is 49.2 Å². The molecule has 0 spiro atoms. The summed E-state index contributed by atoms with van der Waals surface area (Å²) >= 11 is 0. The van der Waals surface area contributed by atoms with Crippen molar-refractivity contribution in [3.05, 3.63) is 59.6 Å². The molecule has 156 valence electrons. The molecule has 2 N–H and O–H groups in total. The number of nitrogens with zero attached hydrogens (tertiary/aromatic N) is 1. The zero-order chi connectivity index (χ0) is 21.4. The number of hydrogen-bond acceptors (Lipinski definition) is 3. The van der Waals surface area contributed by atoms with Crippen molar-refractivity contribution in [2.24, 2.45) is 5.92 Å². The molecule has 0 aliphatic carbocycles. The number of hydrogen-bond donors (Lipinski definition) is 2. The highest BCUT2D eigenvalue weighted by molar-refractivity contribution is 6.00. The standard InChI is InChI=1S/C23H24FN3O3/c1-13(2)21(22-14(3)18-11-15(24)7-8-19(18)30-22)26-23(29)25-16-5-4-6-17(12-16)27-10-9-20(27)28/h4-8,11-13,21H,9-10H2,1-3H3,(H2,25,26,29). The number of rotatable bonds is 5. The predicted molar refractivity (Wildman–Crippen MR) is 114 cm³/mol. The van der Waals surface area contributed by atoms with E-state index in [1.165, 1.54) is 12.1 Å². The molecule has 30 heavy (non-hydrogen) atoms. The maximum absolute atomic E-state index is 13.6. The van der Waals surface area contributed by atoms with Crippen LogP contribution in [0.15, 0.2) is 46.9 Å². The molecular formula is C23H24FN3O3. The van der Waals surface area contributed by atoms with Gasteiger partial charge in [0.2, 0.25) is 5.91 Å². The van der Waals surface area contributed by atoms with Gasteiger partial charge in [-0.3, -0.25) is 4.79 Å². The molecule has 6 nitrogen and oxygen atoms in total. The third-order valence-corrected chi connectivity index (χ3v) is 5.44. The van der Waals surface area contributed by atoms with Crippen LogP contribution in [0.4, 0.5) is 20.6 Å². The van der Waals surface area contributed by atoms with Crippen LogP contribution in [0.1, 0.15) is 37.6 Å². The van der Waals surface area contributed by atoms with Gasteiger partial charge in [-0.2, -0.15) is 0 Å². The van der Waals surface area contributed by atoms with Crippen LogP contribution >= 0.6 is 0 Å². The number of urea groups is 1. The number of furan rings is 1. The van der Waals surface area contributed by atoms with Gasteiger partial charge >= 0.3 is 6.03 Å². The Morgan fingerprint density at radius 3 is 2.67 bits per heavy atom. The Labute approximate surface area is 174 Å². The lowest BCUT2D eigenvalue weighted by atomic mass is 9.98. The van der Waals surface area contributed by atoms with Crippen LogP contribution in [0, 0.1) is 18.7 Å². The minimum absolute atomic E-state index is 0.0462. The maximum atomic E-state index is 13.6. The molecule has 1 saturated heterocycles. The number of β-lactam (4-membered cyclic amide) rings is 1. The monoisotopic (exact) mass is 409 g/mol. The zero-order valence-corrected chi connectivity index (χ0v) is 17.2. The van der Waals surface area contributed by atoms with Crippen LogP contribution in [-0.2, 0) is 4.79 Å². The largest absolute Gasteiger partial charge is 0.459 e. The third-order valence-electron chi connectivity index (χ3n) is 5.44. The lowest BCUT2D eigenvalue weighted by molar-refractivity contribution is -0.122. The Bertz CT molecular complexity index is 1120. The topological polar surface area (TPSA) is 74.6 Å². The number of anilines is 2. The highest BCUT2D eigenvalue weighted by Crippen LogP contribution is 2.33. The second-order valence-corrected chi connectivity index (χ2v) is 7.90. The van der Waals surface area contributed by atoms with Gasteiger partial charge in [0.15, 0.2) is 0 Å². The van der Waals surface area contributed by atoms with Gasteiger partial charge in [-0.25, -0.2) is 9.18 Å². The Balaban J connectivity index is 1.53. The van der Waals surface area contributed by atoms with Crippen LogP contribution in [-0.4, -0.2) is 18.5 Å². The highest BCUT2D eigenvalue weighted by Gasteiger charge is 2.27. The summed E-state index contributed by atoms with van der Waals surface area (Å²) in [5, 5.41) is 6.49. The lowest BCUT2D eigenvalue weighted by Crippen LogP contribution is -2.43. The Morgan fingerprint density at radius 2 is 2.00 bits per heavy atom. The van der Waals surface area contributed by atoms with Crippen molar-refractivity contribution in [2.45, 2.75) is 33.2 Å². The first-order chi connectivity index (χ1) is 14.3. The van der Waals surface area contributed by atoms with Gasteiger partial charge in [0.1, 0.15) is 17.2 Å². The molecule has 2 aromatic carbocycles. The summed E-state index contributed by atoms with van der Waals surface area (Å²) in [6.45, 7) is 6.52. The van der Waals surface area contributed by atoms with Gasteiger partial charge in [-0.15, -0.1) is 0 Å². The minimum atomic E-state index is -0.388. The van der Waals surface area contributed by atoms with Gasteiger partial charge in [0.05, 0.1) is 6.04 Å². The normalized spacial score (nSPS) is 14.7. The summed E-state index contributed by atoms with van der Waals surface area (Å²) in [5.41, 5.74) is 2.75. The fourth-order valence-corrected chi connectivity index (χ4v) is 3.69. The van der Waals surface area contributed by atoms with E-state index in [0.29, 0.717) is 35.4 Å². The first-order valence-electron chi connectivity index (χ1n) is 10.00. The number of carbonyl (C=O) groups is 2. The van der Waals surface area contributed by atoms with Crippen molar-refractivity contribution in [1.29, 1.82) is 0 Å². The van der Waals surface area contributed by atoms with E-state index in [2.05, 4.69) is 10.6 Å². The molecule has 1 aromatic heterocycles. The van der Waals surface area contributed by atoms with E-state index in [4.69, 9.17) is 4.42 Å². The molecule has 2 heterocycles. The maximum Gasteiger partial charge on any atom is 0.319 e. The number of benzene rings is 2.